The van der Waals surface area contributed by atoms with Crippen LogP contribution in [0.4, 0.5) is 4.39 Å². The molecule has 21 heavy (non-hydrogen) atoms. The maximum absolute atomic E-state index is 13.4. The predicted octanol–water partition coefficient (Wildman–Crippen LogP) is 4.99. The van der Waals surface area contributed by atoms with Gasteiger partial charge in [0.05, 0.1) is 5.02 Å². The fourth-order valence-corrected chi connectivity index (χ4v) is 2.46. The van der Waals surface area contributed by atoms with Crippen molar-refractivity contribution < 1.29 is 9.13 Å². The van der Waals surface area contributed by atoms with Gasteiger partial charge in [-0.2, -0.15) is 0 Å². The summed E-state index contributed by atoms with van der Waals surface area (Å²) in [6.07, 6.45) is 0.205. The Kier molecular flexibility index (Phi) is 5.45. The van der Waals surface area contributed by atoms with Crippen LogP contribution in [0.2, 0.25) is 10.0 Å². The Morgan fingerprint density at radius 1 is 1.19 bits per heavy atom. The van der Waals surface area contributed by atoms with Crippen LogP contribution < -0.4 is 10.5 Å². The monoisotopic (exact) mass is 327 g/mol. The van der Waals surface area contributed by atoms with Crippen LogP contribution in [-0.4, -0.2) is 6.04 Å². The zero-order chi connectivity index (χ0) is 15.4. The third-order valence-corrected chi connectivity index (χ3v) is 3.72. The Balaban J connectivity index is 2.33. The van der Waals surface area contributed by atoms with Crippen LogP contribution >= 0.6 is 23.2 Å². The standard InChI is InChI=1S/C16H16Cl2FNO/c1-2-14(20)16(10-4-3-5-12(19)8-10)21-15-7-6-11(17)9-13(15)18/h3-9,14,16H,2,20H2,1H3. The van der Waals surface area contributed by atoms with E-state index in [1.165, 1.54) is 12.1 Å². The fraction of sp³-hybridized carbons (Fsp3) is 0.250. The third-order valence-electron chi connectivity index (χ3n) is 3.19. The largest absolute Gasteiger partial charge is 0.483 e. The number of ether oxygens (including phenoxy) is 1. The minimum absolute atomic E-state index is 0.279. The van der Waals surface area contributed by atoms with E-state index in [1.807, 2.05) is 6.92 Å². The van der Waals surface area contributed by atoms with Gasteiger partial charge in [0.25, 0.3) is 0 Å². The van der Waals surface area contributed by atoms with Gasteiger partial charge >= 0.3 is 0 Å². The average molecular weight is 328 g/mol. The maximum Gasteiger partial charge on any atom is 0.139 e. The van der Waals surface area contributed by atoms with E-state index in [-0.39, 0.29) is 11.9 Å². The van der Waals surface area contributed by atoms with Gasteiger partial charge in [-0.15, -0.1) is 0 Å². The van der Waals surface area contributed by atoms with Crippen LogP contribution in [0.25, 0.3) is 0 Å². The molecule has 0 aromatic heterocycles. The van der Waals surface area contributed by atoms with E-state index in [9.17, 15) is 4.39 Å². The van der Waals surface area contributed by atoms with Crippen LogP contribution in [0, 0.1) is 5.82 Å². The van der Waals surface area contributed by atoms with E-state index < -0.39 is 6.10 Å². The van der Waals surface area contributed by atoms with Crippen molar-refractivity contribution in [2.45, 2.75) is 25.5 Å². The first-order valence-electron chi connectivity index (χ1n) is 6.64. The van der Waals surface area contributed by atoms with Crippen molar-refractivity contribution in [3.8, 4) is 5.75 Å². The molecule has 0 aliphatic rings. The molecule has 0 aliphatic heterocycles. The average Bonchev–Trinajstić information content (AvgIpc) is 2.45. The summed E-state index contributed by atoms with van der Waals surface area (Å²) < 4.78 is 19.3. The topological polar surface area (TPSA) is 35.2 Å². The molecule has 112 valence electrons. The maximum atomic E-state index is 13.4. The molecule has 0 radical (unpaired) electrons. The number of halogens is 3. The summed E-state index contributed by atoms with van der Waals surface area (Å²) in [7, 11) is 0. The summed E-state index contributed by atoms with van der Waals surface area (Å²) in [6, 6.07) is 10.9. The minimum atomic E-state index is -0.482. The summed E-state index contributed by atoms with van der Waals surface area (Å²) in [5, 5.41) is 0.918. The van der Waals surface area contributed by atoms with Gasteiger partial charge in [0, 0.05) is 11.1 Å². The molecule has 2 aromatic rings. The second-order valence-corrected chi connectivity index (χ2v) is 5.58. The van der Waals surface area contributed by atoms with Gasteiger partial charge in [-0.25, -0.2) is 4.39 Å². The lowest BCUT2D eigenvalue weighted by molar-refractivity contribution is 0.171. The molecular weight excluding hydrogens is 312 g/mol. The highest BCUT2D eigenvalue weighted by molar-refractivity contribution is 6.35. The number of hydrogen-bond donors (Lipinski definition) is 1. The van der Waals surface area contributed by atoms with Gasteiger partial charge in [-0.05, 0) is 42.3 Å². The van der Waals surface area contributed by atoms with Crippen molar-refractivity contribution in [1.29, 1.82) is 0 Å². The number of rotatable bonds is 5. The molecule has 2 nitrogen and oxygen atoms in total. The van der Waals surface area contributed by atoms with Crippen molar-refractivity contribution in [2.75, 3.05) is 0 Å². The Morgan fingerprint density at radius 2 is 1.95 bits per heavy atom. The first kappa shape index (κ1) is 16.1. The lowest BCUT2D eigenvalue weighted by atomic mass is 10.0. The predicted molar refractivity (Wildman–Crippen MR) is 84.5 cm³/mol. The molecule has 0 amide bonds. The first-order chi connectivity index (χ1) is 10.0. The molecule has 0 fully saturated rings. The van der Waals surface area contributed by atoms with Crippen molar-refractivity contribution in [3.05, 3.63) is 63.9 Å². The molecule has 2 N–H and O–H groups in total. The zero-order valence-electron chi connectivity index (χ0n) is 11.5. The normalized spacial score (nSPS) is 13.8. The first-order valence-corrected chi connectivity index (χ1v) is 7.39. The molecule has 0 aliphatic carbocycles. The second-order valence-electron chi connectivity index (χ2n) is 4.74. The van der Waals surface area contributed by atoms with E-state index in [0.29, 0.717) is 27.8 Å². The van der Waals surface area contributed by atoms with Crippen molar-refractivity contribution in [1.82, 2.24) is 0 Å². The van der Waals surface area contributed by atoms with E-state index in [4.69, 9.17) is 33.7 Å². The molecule has 0 heterocycles. The van der Waals surface area contributed by atoms with Crippen molar-refractivity contribution in [2.24, 2.45) is 5.73 Å². The fourth-order valence-electron chi connectivity index (χ4n) is 2.01. The molecule has 0 saturated heterocycles. The molecular formula is C16H16Cl2FNO. The van der Waals surface area contributed by atoms with Crippen LogP contribution in [0.1, 0.15) is 25.0 Å². The summed E-state index contributed by atoms with van der Waals surface area (Å²) in [5.41, 5.74) is 6.79. The molecule has 2 unspecified atom stereocenters. The van der Waals surface area contributed by atoms with Gasteiger partial charge in [0.1, 0.15) is 17.7 Å². The highest BCUT2D eigenvalue weighted by atomic mass is 35.5. The molecule has 0 saturated carbocycles. The highest BCUT2D eigenvalue weighted by Crippen LogP contribution is 2.33. The van der Waals surface area contributed by atoms with E-state index in [1.54, 1.807) is 30.3 Å². The molecule has 2 rings (SSSR count). The third kappa shape index (κ3) is 4.10. The Morgan fingerprint density at radius 3 is 2.57 bits per heavy atom. The van der Waals surface area contributed by atoms with Crippen LogP contribution in [0.15, 0.2) is 42.5 Å². The minimum Gasteiger partial charge on any atom is -0.483 e. The van der Waals surface area contributed by atoms with Crippen LogP contribution in [0.5, 0.6) is 5.75 Å². The van der Waals surface area contributed by atoms with Crippen LogP contribution in [-0.2, 0) is 0 Å². The molecule has 2 atom stereocenters. The number of hydrogen-bond acceptors (Lipinski definition) is 2. The lowest BCUT2D eigenvalue weighted by Crippen LogP contribution is -2.31. The van der Waals surface area contributed by atoms with Gasteiger partial charge in [-0.1, -0.05) is 42.3 Å². The van der Waals surface area contributed by atoms with Gasteiger partial charge in [-0.3, -0.25) is 0 Å². The van der Waals surface area contributed by atoms with E-state index in [0.717, 1.165) is 0 Å². The zero-order valence-corrected chi connectivity index (χ0v) is 13.0. The smallest absolute Gasteiger partial charge is 0.139 e. The SMILES string of the molecule is CCC(N)C(Oc1ccc(Cl)cc1Cl)c1cccc(F)c1. The van der Waals surface area contributed by atoms with Gasteiger partial charge < -0.3 is 10.5 Å². The molecule has 0 spiro atoms. The van der Waals surface area contributed by atoms with Crippen LogP contribution in [0.3, 0.4) is 0 Å². The van der Waals surface area contributed by atoms with Crippen molar-refractivity contribution >= 4 is 23.2 Å². The Bertz CT molecular complexity index is 621. The lowest BCUT2D eigenvalue weighted by Gasteiger charge is -2.25. The van der Waals surface area contributed by atoms with Gasteiger partial charge in [0.2, 0.25) is 0 Å². The van der Waals surface area contributed by atoms with Crippen molar-refractivity contribution in [3.63, 3.8) is 0 Å². The number of benzene rings is 2. The summed E-state index contributed by atoms with van der Waals surface area (Å²) in [5.74, 6) is 0.144. The quantitative estimate of drug-likeness (QED) is 0.839. The summed E-state index contributed by atoms with van der Waals surface area (Å²) in [6.45, 7) is 1.95. The van der Waals surface area contributed by atoms with E-state index >= 15 is 0 Å². The Hall–Kier alpha value is -1.29. The molecule has 0 bridgehead atoms. The second kappa shape index (κ2) is 7.12. The van der Waals surface area contributed by atoms with Gasteiger partial charge in [0.15, 0.2) is 0 Å². The summed E-state index contributed by atoms with van der Waals surface area (Å²) >= 11 is 12.0. The van der Waals surface area contributed by atoms with E-state index in [2.05, 4.69) is 0 Å². The summed E-state index contributed by atoms with van der Waals surface area (Å²) in [4.78, 5) is 0. The Labute approximate surface area is 133 Å². The number of nitrogens with two attached hydrogens (primary N) is 1. The molecule has 2 aromatic carbocycles. The highest BCUT2D eigenvalue weighted by Gasteiger charge is 2.22. The molecule has 5 heteroatoms.